The van der Waals surface area contributed by atoms with Crippen LogP contribution >= 0.6 is 24.0 Å². The second-order valence-electron chi connectivity index (χ2n) is 7.13. The number of hydrogen-bond donors (Lipinski definition) is 2. The van der Waals surface area contributed by atoms with E-state index in [1.807, 2.05) is 36.8 Å². The van der Waals surface area contributed by atoms with Crippen LogP contribution in [0.5, 0.6) is 0 Å². The Balaban J connectivity index is 0.00000225. The van der Waals surface area contributed by atoms with E-state index in [0.29, 0.717) is 24.8 Å². The zero-order chi connectivity index (χ0) is 17.3. The van der Waals surface area contributed by atoms with E-state index in [1.54, 1.807) is 0 Å². The Morgan fingerprint density at radius 2 is 2.16 bits per heavy atom. The molecule has 3 rings (SSSR count). The van der Waals surface area contributed by atoms with E-state index in [4.69, 9.17) is 5.73 Å². The van der Waals surface area contributed by atoms with E-state index in [-0.39, 0.29) is 41.8 Å². The molecule has 2 atom stereocenters. The molecule has 1 saturated carbocycles. The standard InChI is InChI=1S/C17H28N6O.HI/c1-11-14(10-21-23(11)3)16-13(7-15(24)22(16)2)9-20-17(18)19-8-12-5-4-6-12;/h10,12-13,16H,4-9H2,1-3H3,(H3,18,19,20);1H/t13-,16+;/m0./s1. The molecule has 7 nitrogen and oxygen atoms in total. The molecule has 2 aliphatic rings. The van der Waals surface area contributed by atoms with Gasteiger partial charge in [-0.25, -0.2) is 0 Å². The molecule has 2 heterocycles. The van der Waals surface area contributed by atoms with Gasteiger partial charge in [0.1, 0.15) is 0 Å². The van der Waals surface area contributed by atoms with E-state index in [2.05, 4.69) is 15.4 Å². The number of amides is 1. The summed E-state index contributed by atoms with van der Waals surface area (Å²) in [7, 11) is 3.79. The van der Waals surface area contributed by atoms with Crippen LogP contribution in [0.15, 0.2) is 11.2 Å². The molecule has 0 unspecified atom stereocenters. The third-order valence-electron chi connectivity index (χ3n) is 5.58. The third kappa shape index (κ3) is 4.27. The second-order valence-corrected chi connectivity index (χ2v) is 7.13. The minimum Gasteiger partial charge on any atom is -0.370 e. The van der Waals surface area contributed by atoms with Gasteiger partial charge < -0.3 is 16.0 Å². The molecule has 0 bridgehead atoms. The van der Waals surface area contributed by atoms with Crippen molar-refractivity contribution in [1.82, 2.24) is 20.0 Å². The number of aryl methyl sites for hydroxylation is 1. The molecule has 1 aliphatic carbocycles. The predicted molar refractivity (Wildman–Crippen MR) is 109 cm³/mol. The molecule has 0 aromatic carbocycles. The highest BCUT2D eigenvalue weighted by molar-refractivity contribution is 14.0. The number of nitrogens with zero attached hydrogens (tertiary/aromatic N) is 4. The highest BCUT2D eigenvalue weighted by atomic mass is 127. The fourth-order valence-electron chi connectivity index (χ4n) is 3.60. The molecule has 140 valence electrons. The van der Waals surface area contributed by atoms with Gasteiger partial charge in [-0.15, -0.1) is 24.0 Å². The zero-order valence-corrected chi connectivity index (χ0v) is 17.6. The van der Waals surface area contributed by atoms with Crippen molar-refractivity contribution in [2.24, 2.45) is 29.6 Å². The first kappa shape index (κ1) is 20.0. The Hall–Kier alpha value is -1.32. The third-order valence-corrected chi connectivity index (χ3v) is 5.58. The number of carbonyl (C=O) groups is 1. The topological polar surface area (TPSA) is 88.5 Å². The van der Waals surface area contributed by atoms with Gasteiger partial charge in [-0.05, 0) is 25.7 Å². The molecule has 1 aliphatic heterocycles. The fraction of sp³-hybridized carbons (Fsp3) is 0.706. The minimum atomic E-state index is 0. The summed E-state index contributed by atoms with van der Waals surface area (Å²) in [4.78, 5) is 18.5. The number of guanidine groups is 1. The Labute approximate surface area is 166 Å². The van der Waals surface area contributed by atoms with Gasteiger partial charge in [0.25, 0.3) is 0 Å². The lowest BCUT2D eigenvalue weighted by Gasteiger charge is -2.25. The van der Waals surface area contributed by atoms with Crippen LogP contribution in [0.1, 0.15) is 43.0 Å². The smallest absolute Gasteiger partial charge is 0.223 e. The molecule has 1 aromatic heterocycles. The van der Waals surface area contributed by atoms with E-state index in [1.165, 1.54) is 19.3 Å². The van der Waals surface area contributed by atoms with Crippen molar-refractivity contribution in [1.29, 1.82) is 0 Å². The van der Waals surface area contributed by atoms with Gasteiger partial charge in [0.2, 0.25) is 5.91 Å². The summed E-state index contributed by atoms with van der Waals surface area (Å²) in [5.74, 6) is 1.53. The van der Waals surface area contributed by atoms with Gasteiger partial charge in [-0.2, -0.15) is 5.10 Å². The van der Waals surface area contributed by atoms with Crippen LogP contribution in [0.25, 0.3) is 0 Å². The molecule has 8 heteroatoms. The quantitative estimate of drug-likeness (QED) is 0.397. The number of aromatic nitrogens is 2. The maximum atomic E-state index is 12.2. The average molecular weight is 460 g/mol. The second kappa shape index (κ2) is 8.37. The van der Waals surface area contributed by atoms with Crippen LogP contribution in [0.3, 0.4) is 0 Å². The van der Waals surface area contributed by atoms with Crippen LogP contribution in [-0.2, 0) is 11.8 Å². The molecule has 0 spiro atoms. The maximum Gasteiger partial charge on any atom is 0.223 e. The summed E-state index contributed by atoms with van der Waals surface area (Å²) >= 11 is 0. The number of rotatable bonds is 5. The zero-order valence-electron chi connectivity index (χ0n) is 15.2. The number of aliphatic imine (C=N–C) groups is 1. The van der Waals surface area contributed by atoms with Gasteiger partial charge in [-0.1, -0.05) is 6.42 Å². The molecular weight excluding hydrogens is 431 g/mol. The van der Waals surface area contributed by atoms with Gasteiger partial charge >= 0.3 is 0 Å². The van der Waals surface area contributed by atoms with E-state index >= 15 is 0 Å². The first-order valence-electron chi connectivity index (χ1n) is 8.75. The number of halogens is 1. The molecule has 25 heavy (non-hydrogen) atoms. The monoisotopic (exact) mass is 460 g/mol. The lowest BCUT2D eigenvalue weighted by molar-refractivity contribution is -0.127. The lowest BCUT2D eigenvalue weighted by atomic mass is 9.86. The summed E-state index contributed by atoms with van der Waals surface area (Å²) in [6.07, 6.45) is 6.24. The number of likely N-dealkylation sites (tertiary alicyclic amines) is 1. The van der Waals surface area contributed by atoms with E-state index < -0.39 is 0 Å². The maximum absolute atomic E-state index is 12.2. The predicted octanol–water partition coefficient (Wildman–Crippen LogP) is 1.57. The summed E-state index contributed by atoms with van der Waals surface area (Å²) in [6.45, 7) is 3.50. The molecule has 2 fully saturated rings. The first-order valence-corrected chi connectivity index (χ1v) is 8.75. The molecule has 1 aromatic rings. The van der Waals surface area contributed by atoms with Gasteiger partial charge in [-0.3, -0.25) is 14.5 Å². The van der Waals surface area contributed by atoms with Crippen molar-refractivity contribution in [2.75, 3.05) is 20.1 Å². The summed E-state index contributed by atoms with van der Waals surface area (Å²) < 4.78 is 1.85. The Bertz CT molecular complexity index is 639. The summed E-state index contributed by atoms with van der Waals surface area (Å²) in [5, 5.41) is 7.54. The molecule has 0 radical (unpaired) electrons. The van der Waals surface area contributed by atoms with E-state index in [0.717, 1.165) is 17.8 Å². The van der Waals surface area contributed by atoms with Crippen LogP contribution in [-0.4, -0.2) is 46.7 Å². The van der Waals surface area contributed by atoms with E-state index in [9.17, 15) is 4.79 Å². The average Bonchev–Trinajstić information content (AvgIpc) is 2.96. The number of nitrogens with two attached hydrogens (primary N) is 1. The van der Waals surface area contributed by atoms with Gasteiger partial charge in [0.15, 0.2) is 5.96 Å². The number of nitrogens with one attached hydrogen (secondary N) is 1. The van der Waals surface area contributed by atoms with Crippen LogP contribution in [0.2, 0.25) is 0 Å². The Morgan fingerprint density at radius 3 is 2.72 bits per heavy atom. The van der Waals surface area contributed by atoms with Crippen molar-refractivity contribution in [3.8, 4) is 0 Å². The largest absolute Gasteiger partial charge is 0.370 e. The molecule has 3 N–H and O–H groups in total. The number of hydrogen-bond acceptors (Lipinski definition) is 3. The van der Waals surface area contributed by atoms with Crippen molar-refractivity contribution in [3.63, 3.8) is 0 Å². The fourth-order valence-corrected chi connectivity index (χ4v) is 3.60. The van der Waals surface area contributed by atoms with Crippen molar-refractivity contribution in [2.45, 2.75) is 38.6 Å². The first-order chi connectivity index (χ1) is 11.5. The Morgan fingerprint density at radius 1 is 1.44 bits per heavy atom. The summed E-state index contributed by atoms with van der Waals surface area (Å²) in [5.41, 5.74) is 8.20. The van der Waals surface area contributed by atoms with Crippen molar-refractivity contribution >= 4 is 35.8 Å². The lowest BCUT2D eigenvalue weighted by Crippen LogP contribution is -2.37. The van der Waals surface area contributed by atoms with Crippen molar-refractivity contribution in [3.05, 3.63) is 17.5 Å². The Kier molecular flexibility index (Phi) is 6.70. The highest BCUT2D eigenvalue weighted by Crippen LogP contribution is 2.37. The number of carbonyl (C=O) groups excluding carboxylic acids is 1. The molecule has 1 saturated heterocycles. The summed E-state index contributed by atoms with van der Waals surface area (Å²) in [6, 6.07) is 0.0399. The van der Waals surface area contributed by atoms with Crippen LogP contribution < -0.4 is 11.1 Å². The minimum absolute atomic E-state index is 0. The van der Waals surface area contributed by atoms with Crippen molar-refractivity contribution < 1.29 is 4.79 Å². The van der Waals surface area contributed by atoms with Gasteiger partial charge in [0, 0.05) is 50.8 Å². The van der Waals surface area contributed by atoms with Crippen LogP contribution in [0.4, 0.5) is 0 Å². The highest BCUT2D eigenvalue weighted by Gasteiger charge is 2.39. The van der Waals surface area contributed by atoms with Crippen LogP contribution in [0, 0.1) is 18.8 Å². The molecule has 1 amide bonds. The van der Waals surface area contributed by atoms with Gasteiger partial charge in [0.05, 0.1) is 12.2 Å². The normalized spacial score (nSPS) is 24.2. The molecular formula is C17H29IN6O. The SMILES string of the molecule is Cc1c([C@H]2[C@H](CNC(N)=NCC3CCC3)CC(=O)N2C)cnn1C.I.